The molecule has 1 N–H and O–H groups in total. The molecule has 0 unspecified atom stereocenters. The molecule has 0 saturated heterocycles. The molecule has 88 valence electrons. The molecule has 2 aromatic rings. The Morgan fingerprint density at radius 2 is 1.88 bits per heavy atom. The van der Waals surface area contributed by atoms with E-state index in [0.29, 0.717) is 0 Å². The van der Waals surface area contributed by atoms with Crippen LogP contribution in [-0.2, 0) is 0 Å². The molecule has 0 spiro atoms. The van der Waals surface area contributed by atoms with E-state index < -0.39 is 0 Å². The molecule has 0 amide bonds. The number of aliphatic hydroxyl groups excluding tert-OH is 1. The van der Waals surface area contributed by atoms with Crippen LogP contribution in [0.1, 0.15) is 12.5 Å². The molecule has 0 fully saturated rings. The molecular formula is C15H16O2. The minimum absolute atomic E-state index is 0.0759. The van der Waals surface area contributed by atoms with Crippen molar-refractivity contribution in [2.45, 2.75) is 6.92 Å². The first-order chi connectivity index (χ1) is 8.24. The number of hydrogen-bond acceptors (Lipinski definition) is 2. The highest BCUT2D eigenvalue weighted by Gasteiger charge is 2.00. The number of allylic oxidation sites excluding steroid dienone is 1. The van der Waals surface area contributed by atoms with Crippen molar-refractivity contribution in [3.8, 4) is 5.75 Å². The average molecular weight is 228 g/mol. The summed E-state index contributed by atoms with van der Waals surface area (Å²) in [4.78, 5) is 0. The highest BCUT2D eigenvalue weighted by atomic mass is 16.5. The second kappa shape index (κ2) is 5.02. The first kappa shape index (κ1) is 11.7. The zero-order valence-corrected chi connectivity index (χ0v) is 10.1. The molecule has 2 nitrogen and oxygen atoms in total. The topological polar surface area (TPSA) is 29.5 Å². The summed E-state index contributed by atoms with van der Waals surface area (Å²) in [6.45, 7) is 2.08. The fourth-order valence-electron chi connectivity index (χ4n) is 1.85. The number of fused-ring (bicyclic) bond motifs is 1. The van der Waals surface area contributed by atoms with Crippen LogP contribution in [0.3, 0.4) is 0 Å². The van der Waals surface area contributed by atoms with Gasteiger partial charge in [0.25, 0.3) is 0 Å². The number of methoxy groups -OCH3 is 1. The third kappa shape index (κ3) is 2.48. The first-order valence-electron chi connectivity index (χ1n) is 5.60. The van der Waals surface area contributed by atoms with Gasteiger partial charge in [0.15, 0.2) is 0 Å². The number of rotatable bonds is 3. The number of ether oxygens (including phenoxy) is 1. The van der Waals surface area contributed by atoms with E-state index in [1.807, 2.05) is 31.2 Å². The summed E-state index contributed by atoms with van der Waals surface area (Å²) in [7, 11) is 1.67. The first-order valence-corrected chi connectivity index (χ1v) is 5.60. The lowest BCUT2D eigenvalue weighted by atomic mass is 10.0. The summed E-state index contributed by atoms with van der Waals surface area (Å²) >= 11 is 0. The highest BCUT2D eigenvalue weighted by molar-refractivity contribution is 5.87. The predicted octanol–water partition coefficient (Wildman–Crippen LogP) is 3.24. The lowest BCUT2D eigenvalue weighted by molar-refractivity contribution is 0.343. The average Bonchev–Trinajstić information content (AvgIpc) is 2.37. The van der Waals surface area contributed by atoms with E-state index >= 15 is 0 Å². The number of benzene rings is 2. The van der Waals surface area contributed by atoms with Crippen LogP contribution in [0.4, 0.5) is 0 Å². The van der Waals surface area contributed by atoms with E-state index in [9.17, 15) is 0 Å². The summed E-state index contributed by atoms with van der Waals surface area (Å²) < 4.78 is 5.19. The zero-order chi connectivity index (χ0) is 12.3. The van der Waals surface area contributed by atoms with Gasteiger partial charge in [-0.05, 0) is 47.0 Å². The van der Waals surface area contributed by atoms with Crippen molar-refractivity contribution < 1.29 is 9.84 Å². The van der Waals surface area contributed by atoms with Crippen molar-refractivity contribution in [1.29, 1.82) is 0 Å². The van der Waals surface area contributed by atoms with Crippen molar-refractivity contribution in [2.24, 2.45) is 0 Å². The Morgan fingerprint density at radius 3 is 2.59 bits per heavy atom. The highest BCUT2D eigenvalue weighted by Crippen LogP contribution is 2.24. The number of aliphatic hydroxyl groups is 1. The van der Waals surface area contributed by atoms with Gasteiger partial charge in [-0.3, -0.25) is 0 Å². The maximum absolute atomic E-state index is 8.89. The molecule has 2 aromatic carbocycles. The third-order valence-corrected chi connectivity index (χ3v) is 2.90. The van der Waals surface area contributed by atoms with Gasteiger partial charge in [-0.15, -0.1) is 0 Å². The molecule has 0 aliphatic carbocycles. The summed E-state index contributed by atoms with van der Waals surface area (Å²) in [6, 6.07) is 12.3. The second-order valence-electron chi connectivity index (χ2n) is 4.00. The molecule has 0 radical (unpaired) electrons. The van der Waals surface area contributed by atoms with Crippen LogP contribution in [0.5, 0.6) is 5.75 Å². The van der Waals surface area contributed by atoms with Crippen LogP contribution in [0.25, 0.3) is 16.3 Å². The Kier molecular flexibility index (Phi) is 3.45. The van der Waals surface area contributed by atoms with Gasteiger partial charge in [0.2, 0.25) is 0 Å². The molecule has 0 heterocycles. The smallest absolute Gasteiger partial charge is 0.119 e. The lowest BCUT2D eigenvalue weighted by Crippen LogP contribution is -1.85. The van der Waals surface area contributed by atoms with Gasteiger partial charge in [0.1, 0.15) is 5.75 Å². The van der Waals surface area contributed by atoms with E-state index in [1.54, 1.807) is 7.11 Å². The zero-order valence-electron chi connectivity index (χ0n) is 10.1. The number of hydrogen-bond donors (Lipinski definition) is 1. The van der Waals surface area contributed by atoms with E-state index in [1.165, 1.54) is 5.39 Å². The lowest BCUT2D eigenvalue weighted by Gasteiger charge is -2.06. The molecule has 0 aliphatic rings. The quantitative estimate of drug-likeness (QED) is 0.873. The molecule has 0 aliphatic heterocycles. The second-order valence-corrected chi connectivity index (χ2v) is 4.00. The summed E-state index contributed by atoms with van der Waals surface area (Å²) in [6.07, 6.45) is 1.81. The van der Waals surface area contributed by atoms with Crippen LogP contribution in [0.15, 0.2) is 42.5 Å². The Hall–Kier alpha value is -1.80. The molecule has 0 aromatic heterocycles. The molecule has 0 atom stereocenters. The SMILES string of the molecule is COc1ccc2cc(C(C)=CCO)ccc2c1. The van der Waals surface area contributed by atoms with E-state index in [2.05, 4.69) is 18.2 Å². The Labute approximate surface area is 101 Å². The molecule has 0 bridgehead atoms. The Morgan fingerprint density at radius 1 is 1.18 bits per heavy atom. The van der Waals surface area contributed by atoms with Gasteiger partial charge >= 0.3 is 0 Å². The normalized spacial score (nSPS) is 11.8. The Balaban J connectivity index is 2.48. The largest absolute Gasteiger partial charge is 0.497 e. The van der Waals surface area contributed by atoms with Crippen LogP contribution in [0.2, 0.25) is 0 Å². The molecule has 2 heteroatoms. The molecule has 17 heavy (non-hydrogen) atoms. The van der Waals surface area contributed by atoms with Crippen LogP contribution in [0, 0.1) is 0 Å². The van der Waals surface area contributed by atoms with Crippen LogP contribution in [-0.4, -0.2) is 18.8 Å². The molecule has 2 rings (SSSR count). The summed E-state index contributed by atoms with van der Waals surface area (Å²) in [5, 5.41) is 11.2. The van der Waals surface area contributed by atoms with Gasteiger partial charge in [-0.2, -0.15) is 0 Å². The molecular weight excluding hydrogens is 212 g/mol. The minimum atomic E-state index is 0.0759. The van der Waals surface area contributed by atoms with Gasteiger partial charge in [0, 0.05) is 0 Å². The van der Waals surface area contributed by atoms with Crippen LogP contribution >= 0.6 is 0 Å². The van der Waals surface area contributed by atoms with Crippen molar-refractivity contribution >= 4 is 16.3 Å². The monoisotopic (exact) mass is 228 g/mol. The third-order valence-electron chi connectivity index (χ3n) is 2.90. The van der Waals surface area contributed by atoms with E-state index in [-0.39, 0.29) is 6.61 Å². The molecule has 0 saturated carbocycles. The van der Waals surface area contributed by atoms with E-state index in [0.717, 1.165) is 22.3 Å². The van der Waals surface area contributed by atoms with E-state index in [4.69, 9.17) is 9.84 Å². The van der Waals surface area contributed by atoms with Gasteiger partial charge in [-0.1, -0.05) is 24.3 Å². The standard InChI is InChI=1S/C15H16O2/c1-11(7-8-16)12-3-4-14-10-15(17-2)6-5-13(14)9-12/h3-7,9-10,16H,8H2,1-2H3. The fraction of sp³-hybridized carbons (Fsp3) is 0.200. The summed E-state index contributed by atoms with van der Waals surface area (Å²) in [5.41, 5.74) is 2.22. The van der Waals surface area contributed by atoms with Gasteiger partial charge in [-0.25, -0.2) is 0 Å². The van der Waals surface area contributed by atoms with Gasteiger partial charge < -0.3 is 9.84 Å². The van der Waals surface area contributed by atoms with Crippen molar-refractivity contribution in [3.05, 3.63) is 48.0 Å². The summed E-state index contributed by atoms with van der Waals surface area (Å²) in [5.74, 6) is 0.868. The maximum atomic E-state index is 8.89. The fourth-order valence-corrected chi connectivity index (χ4v) is 1.85. The predicted molar refractivity (Wildman–Crippen MR) is 71.2 cm³/mol. The minimum Gasteiger partial charge on any atom is -0.497 e. The van der Waals surface area contributed by atoms with Crippen LogP contribution < -0.4 is 4.74 Å². The van der Waals surface area contributed by atoms with Gasteiger partial charge in [0.05, 0.1) is 13.7 Å². The van der Waals surface area contributed by atoms with Crippen molar-refractivity contribution in [3.63, 3.8) is 0 Å². The van der Waals surface area contributed by atoms with Crippen molar-refractivity contribution in [2.75, 3.05) is 13.7 Å². The Bertz CT molecular complexity index is 556. The maximum Gasteiger partial charge on any atom is 0.119 e. The van der Waals surface area contributed by atoms with Crippen molar-refractivity contribution in [1.82, 2.24) is 0 Å².